The van der Waals surface area contributed by atoms with Gasteiger partial charge < -0.3 is 19.3 Å². The number of alkyl halides is 3. The van der Waals surface area contributed by atoms with Crippen molar-refractivity contribution < 1.29 is 36.6 Å². The SMILES string of the molecule is CC(C)(C)OC(=O)N1CCC(CC(=O)N2CCN(C(c3ccc(OCC(F)(F)F)c(F)c3)C3C=CC=CCC3)CC2C(C)(C)C)CC1. The smallest absolute Gasteiger partial charge is 0.422 e. The summed E-state index contributed by atoms with van der Waals surface area (Å²) in [5.74, 6) is -0.941. The molecule has 262 valence electrons. The molecule has 3 atom stereocenters. The number of halogens is 4. The number of benzene rings is 1. The van der Waals surface area contributed by atoms with Crippen LogP contribution < -0.4 is 4.74 Å². The molecule has 4 rings (SSSR count). The summed E-state index contributed by atoms with van der Waals surface area (Å²) in [5, 5.41) is 0. The first-order valence-corrected chi connectivity index (χ1v) is 16.7. The van der Waals surface area contributed by atoms with E-state index in [0.717, 1.165) is 25.7 Å². The zero-order valence-corrected chi connectivity index (χ0v) is 28.6. The number of likely N-dealkylation sites (tertiary alicyclic amines) is 1. The molecule has 2 saturated heterocycles. The lowest BCUT2D eigenvalue weighted by Crippen LogP contribution is -2.60. The van der Waals surface area contributed by atoms with Gasteiger partial charge in [0.15, 0.2) is 18.2 Å². The van der Waals surface area contributed by atoms with Crippen molar-refractivity contribution in [2.24, 2.45) is 17.3 Å². The van der Waals surface area contributed by atoms with Crippen LogP contribution in [0.2, 0.25) is 0 Å². The van der Waals surface area contributed by atoms with Gasteiger partial charge in [-0.05, 0) is 81.4 Å². The van der Waals surface area contributed by atoms with Crippen LogP contribution in [0, 0.1) is 23.1 Å². The highest BCUT2D eigenvalue weighted by molar-refractivity contribution is 5.77. The summed E-state index contributed by atoms with van der Waals surface area (Å²) in [7, 11) is 0. The fourth-order valence-corrected chi connectivity index (χ4v) is 6.84. The van der Waals surface area contributed by atoms with E-state index in [0.29, 0.717) is 44.7 Å². The Morgan fingerprint density at radius 3 is 2.28 bits per heavy atom. The summed E-state index contributed by atoms with van der Waals surface area (Å²) >= 11 is 0. The molecule has 2 heterocycles. The van der Waals surface area contributed by atoms with Gasteiger partial charge in [0, 0.05) is 51.2 Å². The Labute approximate surface area is 276 Å². The summed E-state index contributed by atoms with van der Waals surface area (Å²) in [4.78, 5) is 32.4. The van der Waals surface area contributed by atoms with Crippen LogP contribution in [0.15, 0.2) is 42.5 Å². The number of carbonyl (C=O) groups excluding carboxylic acids is 2. The van der Waals surface area contributed by atoms with Crippen LogP contribution >= 0.6 is 0 Å². The molecule has 0 radical (unpaired) electrons. The lowest BCUT2D eigenvalue weighted by molar-refractivity contribution is -0.153. The number of hydrogen-bond donors (Lipinski definition) is 0. The van der Waals surface area contributed by atoms with E-state index in [1.54, 1.807) is 11.0 Å². The van der Waals surface area contributed by atoms with E-state index in [2.05, 4.69) is 37.8 Å². The number of carbonyl (C=O) groups is 2. The minimum atomic E-state index is -4.57. The molecular formula is C36H51F4N3O4. The second-order valence-electron chi connectivity index (χ2n) is 15.2. The third-order valence-electron chi connectivity index (χ3n) is 9.22. The highest BCUT2D eigenvalue weighted by Crippen LogP contribution is 2.40. The molecule has 2 aliphatic heterocycles. The van der Waals surface area contributed by atoms with Gasteiger partial charge in [0.2, 0.25) is 5.91 Å². The fourth-order valence-electron chi connectivity index (χ4n) is 6.84. The Morgan fingerprint density at radius 2 is 1.66 bits per heavy atom. The molecule has 3 unspecified atom stereocenters. The highest BCUT2D eigenvalue weighted by Gasteiger charge is 2.42. The van der Waals surface area contributed by atoms with Gasteiger partial charge in [-0.3, -0.25) is 9.69 Å². The molecule has 0 aromatic heterocycles. The maximum atomic E-state index is 15.2. The number of piperazine rings is 1. The van der Waals surface area contributed by atoms with Crippen LogP contribution in [0.5, 0.6) is 5.75 Å². The van der Waals surface area contributed by atoms with Gasteiger partial charge in [0.1, 0.15) is 5.60 Å². The second kappa shape index (κ2) is 15.0. The number of ether oxygens (including phenoxy) is 2. The number of allylic oxidation sites excluding steroid dienone is 3. The van der Waals surface area contributed by atoms with Crippen molar-refractivity contribution in [1.82, 2.24) is 14.7 Å². The van der Waals surface area contributed by atoms with Gasteiger partial charge in [0.25, 0.3) is 0 Å². The third kappa shape index (κ3) is 10.5. The van der Waals surface area contributed by atoms with E-state index in [-0.39, 0.29) is 41.3 Å². The quantitative estimate of drug-likeness (QED) is 0.277. The van der Waals surface area contributed by atoms with Crippen LogP contribution in [-0.2, 0) is 9.53 Å². The highest BCUT2D eigenvalue weighted by atomic mass is 19.4. The Balaban J connectivity index is 1.49. The molecule has 0 spiro atoms. The molecule has 0 saturated carbocycles. The van der Waals surface area contributed by atoms with Crippen molar-refractivity contribution in [2.75, 3.05) is 39.3 Å². The molecular weight excluding hydrogens is 614 g/mol. The van der Waals surface area contributed by atoms with Gasteiger partial charge in [-0.2, -0.15) is 13.2 Å². The van der Waals surface area contributed by atoms with Gasteiger partial charge in [-0.15, -0.1) is 0 Å². The van der Waals surface area contributed by atoms with Crippen LogP contribution in [0.4, 0.5) is 22.4 Å². The third-order valence-corrected chi connectivity index (χ3v) is 9.22. The van der Waals surface area contributed by atoms with Crippen molar-refractivity contribution in [2.45, 2.75) is 97.5 Å². The fraction of sp³-hybridized carbons (Fsp3) is 0.667. The first-order valence-electron chi connectivity index (χ1n) is 16.7. The van der Waals surface area contributed by atoms with Crippen LogP contribution in [0.3, 0.4) is 0 Å². The predicted octanol–water partition coefficient (Wildman–Crippen LogP) is 7.93. The zero-order chi connectivity index (χ0) is 34.6. The monoisotopic (exact) mass is 665 g/mol. The minimum Gasteiger partial charge on any atom is -0.481 e. The predicted molar refractivity (Wildman–Crippen MR) is 173 cm³/mol. The van der Waals surface area contributed by atoms with Crippen LogP contribution in [0.25, 0.3) is 0 Å². The Morgan fingerprint density at radius 1 is 0.957 bits per heavy atom. The van der Waals surface area contributed by atoms with Gasteiger partial charge in [0.05, 0.1) is 0 Å². The Bertz CT molecular complexity index is 1290. The van der Waals surface area contributed by atoms with Crippen LogP contribution in [0.1, 0.15) is 85.3 Å². The zero-order valence-electron chi connectivity index (χ0n) is 28.6. The van der Waals surface area contributed by atoms with Crippen molar-refractivity contribution >= 4 is 12.0 Å². The standard InChI is InChI=1S/C36H51F4N3O4/c1-34(2,3)30-23-42(19-20-43(30)31(44)21-25-15-17-41(18-16-25)33(45)47-35(4,5)6)32(26-11-9-7-8-10-12-26)27-13-14-29(28(37)22-27)46-24-36(38,39)40/h7-9,11,13-14,22,25-26,30,32H,10,12,15-21,23-24H2,1-6H3. The number of hydrogen-bond acceptors (Lipinski definition) is 5. The van der Waals surface area contributed by atoms with Gasteiger partial charge >= 0.3 is 12.3 Å². The topological polar surface area (TPSA) is 62.3 Å². The molecule has 1 aliphatic carbocycles. The molecule has 3 aliphatic rings. The molecule has 47 heavy (non-hydrogen) atoms. The molecule has 11 heteroatoms. The van der Waals surface area contributed by atoms with E-state index in [9.17, 15) is 22.8 Å². The average Bonchev–Trinajstić information content (AvgIpc) is 3.25. The van der Waals surface area contributed by atoms with Crippen molar-refractivity contribution in [3.05, 3.63) is 53.9 Å². The summed E-state index contributed by atoms with van der Waals surface area (Å²) < 4.78 is 63.6. The lowest BCUT2D eigenvalue weighted by atomic mass is 9.81. The summed E-state index contributed by atoms with van der Waals surface area (Å²) in [6.07, 6.45) is 6.89. The molecule has 1 aromatic rings. The van der Waals surface area contributed by atoms with E-state index >= 15 is 4.39 Å². The van der Waals surface area contributed by atoms with E-state index in [4.69, 9.17) is 9.47 Å². The number of piperidine rings is 1. The largest absolute Gasteiger partial charge is 0.481 e. The van der Waals surface area contributed by atoms with Gasteiger partial charge in [-0.25, -0.2) is 9.18 Å². The maximum absolute atomic E-state index is 15.2. The maximum Gasteiger partial charge on any atom is 0.422 e. The molecule has 0 N–H and O–H groups in total. The van der Waals surface area contributed by atoms with Crippen molar-refractivity contribution in [3.8, 4) is 5.75 Å². The van der Waals surface area contributed by atoms with E-state index in [1.165, 1.54) is 12.1 Å². The average molecular weight is 666 g/mol. The van der Waals surface area contributed by atoms with E-state index < -0.39 is 30.0 Å². The van der Waals surface area contributed by atoms with Crippen molar-refractivity contribution in [1.29, 1.82) is 0 Å². The Kier molecular flexibility index (Phi) is 11.7. The summed E-state index contributed by atoms with van der Waals surface area (Å²) in [6.45, 7) is 13.1. The van der Waals surface area contributed by atoms with Gasteiger partial charge in [-0.1, -0.05) is 51.1 Å². The molecule has 2 fully saturated rings. The molecule has 2 amide bonds. The first kappa shape index (κ1) is 36.8. The van der Waals surface area contributed by atoms with Crippen molar-refractivity contribution in [3.63, 3.8) is 0 Å². The second-order valence-corrected chi connectivity index (χ2v) is 15.2. The minimum absolute atomic E-state index is 0.0318. The molecule has 0 bridgehead atoms. The normalized spacial score (nSPS) is 22.6. The molecule has 1 aromatic carbocycles. The number of amides is 2. The summed E-state index contributed by atoms with van der Waals surface area (Å²) in [6, 6.07) is 3.91. The van der Waals surface area contributed by atoms with E-state index in [1.807, 2.05) is 37.8 Å². The first-order chi connectivity index (χ1) is 21.9. The lowest BCUT2D eigenvalue weighted by Gasteiger charge is -2.50. The number of nitrogens with zero attached hydrogens (tertiary/aromatic N) is 3. The number of rotatable bonds is 7. The molecule has 7 nitrogen and oxygen atoms in total. The Hall–Kier alpha value is -3.08. The van der Waals surface area contributed by atoms with Crippen LogP contribution in [-0.4, -0.2) is 83.9 Å². The summed E-state index contributed by atoms with van der Waals surface area (Å²) in [5.41, 5.74) is -0.137.